The number of carboxylic acids is 1. The molecule has 1 heterocycles. The Hall–Kier alpha value is -4.39. The second kappa shape index (κ2) is 9.58. The summed E-state index contributed by atoms with van der Waals surface area (Å²) in [7, 11) is 1.66. The van der Waals surface area contributed by atoms with Gasteiger partial charge >= 0.3 is 12.1 Å². The van der Waals surface area contributed by atoms with E-state index in [0.717, 1.165) is 22.3 Å². The van der Waals surface area contributed by atoms with Crippen molar-refractivity contribution in [3.63, 3.8) is 0 Å². The van der Waals surface area contributed by atoms with Crippen molar-refractivity contribution in [3.05, 3.63) is 102 Å². The van der Waals surface area contributed by atoms with Gasteiger partial charge in [-0.2, -0.15) is 0 Å². The number of benzene rings is 3. The fraction of sp³-hybridized carbons (Fsp3) is 0.200. The zero-order valence-electron chi connectivity index (χ0n) is 20.6. The van der Waals surface area contributed by atoms with Crippen molar-refractivity contribution in [2.45, 2.75) is 31.3 Å². The van der Waals surface area contributed by atoms with Gasteiger partial charge in [-0.3, -0.25) is 10.1 Å². The maximum Gasteiger partial charge on any atom is 0.413 e. The van der Waals surface area contributed by atoms with Crippen LogP contribution in [0.5, 0.6) is 0 Å². The van der Waals surface area contributed by atoms with E-state index >= 15 is 0 Å². The average Bonchev–Trinajstić information content (AvgIpc) is 3.67. The number of nitrogens with zero attached hydrogens (tertiary/aromatic N) is 1. The smallest absolute Gasteiger partial charge is 0.413 e. The molecule has 1 aliphatic carbocycles. The number of carbonyl (C=O) groups is 2. The second-order valence-corrected chi connectivity index (χ2v) is 9.44. The Labute approximate surface area is 214 Å². The molecule has 0 bridgehead atoms. The number of aliphatic carboxylic acids is 1. The van der Waals surface area contributed by atoms with E-state index < -0.39 is 29.4 Å². The Bertz CT molecular complexity index is 1440. The highest BCUT2D eigenvalue weighted by atomic mass is 19.1. The summed E-state index contributed by atoms with van der Waals surface area (Å²) in [6.45, 7) is 1.78. The van der Waals surface area contributed by atoms with Crippen molar-refractivity contribution in [2.75, 3.05) is 5.32 Å². The molecule has 6 nitrogen and oxygen atoms in total. The molecular weight excluding hydrogens is 471 g/mol. The van der Waals surface area contributed by atoms with Crippen LogP contribution >= 0.6 is 0 Å². The topological polar surface area (TPSA) is 80.6 Å². The van der Waals surface area contributed by atoms with Crippen molar-refractivity contribution in [1.29, 1.82) is 0 Å². The SMILES string of the molecule is C[C@@H](OC(=O)Nc1c(-c2ccc(-c3ccc(C4(C(=O)O)CC4)cc3)cc2)c(F)cn1C)c1ccccc1. The normalized spacial score (nSPS) is 14.6. The van der Waals surface area contributed by atoms with Crippen LogP contribution in [0.4, 0.5) is 15.0 Å². The van der Waals surface area contributed by atoms with E-state index in [-0.39, 0.29) is 5.56 Å². The molecule has 1 saturated carbocycles. The number of ether oxygens (including phenoxy) is 1. The number of aryl methyl sites for hydroxylation is 1. The third-order valence-corrected chi connectivity index (χ3v) is 7.01. The van der Waals surface area contributed by atoms with Crippen LogP contribution < -0.4 is 5.32 Å². The van der Waals surface area contributed by atoms with Gasteiger partial charge in [0.25, 0.3) is 0 Å². The van der Waals surface area contributed by atoms with Gasteiger partial charge in [-0.05, 0) is 47.6 Å². The Kier molecular flexibility index (Phi) is 6.29. The van der Waals surface area contributed by atoms with Crippen molar-refractivity contribution in [2.24, 2.45) is 7.05 Å². The van der Waals surface area contributed by atoms with Crippen LogP contribution in [0.25, 0.3) is 22.3 Å². The third kappa shape index (κ3) is 4.72. The minimum absolute atomic E-state index is 0.269. The molecule has 0 spiro atoms. The van der Waals surface area contributed by atoms with Crippen LogP contribution in [-0.4, -0.2) is 21.7 Å². The number of hydrogen-bond donors (Lipinski definition) is 2. The molecule has 1 aromatic heterocycles. The van der Waals surface area contributed by atoms with Crippen LogP contribution in [0.1, 0.15) is 37.0 Å². The van der Waals surface area contributed by atoms with Gasteiger partial charge < -0.3 is 14.4 Å². The largest absolute Gasteiger partial charge is 0.481 e. The summed E-state index contributed by atoms with van der Waals surface area (Å²) in [5, 5.41) is 12.2. The van der Waals surface area contributed by atoms with E-state index in [0.29, 0.717) is 24.2 Å². The lowest BCUT2D eigenvalue weighted by Crippen LogP contribution is -2.19. The molecule has 0 saturated heterocycles. The monoisotopic (exact) mass is 498 g/mol. The zero-order chi connectivity index (χ0) is 26.2. The molecule has 1 atom stereocenters. The molecule has 1 fully saturated rings. The van der Waals surface area contributed by atoms with Gasteiger partial charge in [-0.25, -0.2) is 9.18 Å². The maximum absolute atomic E-state index is 14.9. The Morgan fingerprint density at radius 3 is 2.08 bits per heavy atom. The fourth-order valence-electron chi connectivity index (χ4n) is 4.65. The Balaban J connectivity index is 1.34. The summed E-state index contributed by atoms with van der Waals surface area (Å²) in [5.41, 5.74) is 3.65. The highest BCUT2D eigenvalue weighted by Gasteiger charge is 2.51. The van der Waals surface area contributed by atoms with E-state index in [4.69, 9.17) is 4.74 Å². The highest BCUT2D eigenvalue weighted by molar-refractivity contribution is 5.91. The Morgan fingerprint density at radius 2 is 1.51 bits per heavy atom. The minimum atomic E-state index is -0.780. The molecule has 1 amide bonds. The van der Waals surface area contributed by atoms with E-state index in [9.17, 15) is 19.1 Å². The molecule has 5 rings (SSSR count). The summed E-state index contributed by atoms with van der Waals surface area (Å²) < 4.78 is 21.9. The number of amides is 1. The van der Waals surface area contributed by atoms with Crippen molar-refractivity contribution >= 4 is 17.9 Å². The van der Waals surface area contributed by atoms with Gasteiger partial charge in [0.1, 0.15) is 11.9 Å². The number of anilines is 1. The van der Waals surface area contributed by atoms with Gasteiger partial charge in [0, 0.05) is 13.2 Å². The van der Waals surface area contributed by atoms with E-state index in [1.165, 1.54) is 10.8 Å². The number of hydrogen-bond acceptors (Lipinski definition) is 3. The molecule has 188 valence electrons. The van der Waals surface area contributed by atoms with Crippen molar-refractivity contribution in [1.82, 2.24) is 4.57 Å². The van der Waals surface area contributed by atoms with Gasteiger partial charge in [-0.1, -0.05) is 78.9 Å². The van der Waals surface area contributed by atoms with Crippen molar-refractivity contribution < 1.29 is 23.8 Å². The lowest BCUT2D eigenvalue weighted by atomic mass is 9.93. The predicted octanol–water partition coefficient (Wildman–Crippen LogP) is 6.92. The van der Waals surface area contributed by atoms with Crippen LogP contribution in [0, 0.1) is 5.82 Å². The molecule has 4 aromatic rings. The lowest BCUT2D eigenvalue weighted by molar-refractivity contribution is -0.140. The quantitative estimate of drug-likeness (QED) is 0.290. The van der Waals surface area contributed by atoms with Crippen LogP contribution in [-0.2, 0) is 22.0 Å². The second-order valence-electron chi connectivity index (χ2n) is 9.44. The average molecular weight is 499 g/mol. The summed E-state index contributed by atoms with van der Waals surface area (Å²) in [6, 6.07) is 24.3. The van der Waals surface area contributed by atoms with Crippen molar-refractivity contribution in [3.8, 4) is 22.3 Å². The predicted molar refractivity (Wildman–Crippen MR) is 140 cm³/mol. The first-order valence-corrected chi connectivity index (χ1v) is 12.1. The number of aromatic nitrogens is 1. The summed E-state index contributed by atoms with van der Waals surface area (Å²) in [4.78, 5) is 24.2. The molecule has 0 aliphatic heterocycles. The van der Waals surface area contributed by atoms with Crippen LogP contribution in [0.3, 0.4) is 0 Å². The van der Waals surface area contributed by atoms with Crippen LogP contribution in [0.2, 0.25) is 0 Å². The highest BCUT2D eigenvalue weighted by Crippen LogP contribution is 2.48. The van der Waals surface area contributed by atoms with E-state index in [1.54, 1.807) is 26.1 Å². The number of carbonyl (C=O) groups excluding carboxylic acids is 1. The number of nitrogens with one attached hydrogen (secondary N) is 1. The number of halogens is 1. The standard InChI is InChI=1S/C30H27FN2O4/c1-19(20-6-4-3-5-7-20)37-29(36)32-27-26(25(31)18-33(27)2)23-10-8-21(9-11-23)22-12-14-24(15-13-22)30(16-17-30)28(34)35/h3-15,18-19H,16-17H2,1-2H3,(H,32,36)(H,34,35)/t19-/m1/s1. The molecular formula is C30H27FN2O4. The van der Waals surface area contributed by atoms with Gasteiger partial charge in [0.15, 0.2) is 5.82 Å². The van der Waals surface area contributed by atoms with E-state index in [1.807, 2.05) is 66.7 Å². The van der Waals surface area contributed by atoms with Gasteiger partial charge in [0.05, 0.1) is 11.0 Å². The molecule has 3 aromatic carbocycles. The third-order valence-electron chi connectivity index (χ3n) is 7.01. The first kappa shape index (κ1) is 24.3. The fourth-order valence-corrected chi connectivity index (χ4v) is 4.65. The summed E-state index contributed by atoms with van der Waals surface area (Å²) in [5.74, 6) is -0.949. The molecule has 1 aliphatic rings. The van der Waals surface area contributed by atoms with E-state index in [2.05, 4.69) is 5.32 Å². The molecule has 2 N–H and O–H groups in total. The summed E-state index contributed by atoms with van der Waals surface area (Å²) >= 11 is 0. The number of carboxylic acid groups (broad SMARTS) is 1. The molecule has 7 heteroatoms. The first-order chi connectivity index (χ1) is 17.8. The van der Waals surface area contributed by atoms with Crippen LogP contribution in [0.15, 0.2) is 85.1 Å². The first-order valence-electron chi connectivity index (χ1n) is 12.1. The molecule has 37 heavy (non-hydrogen) atoms. The minimum Gasteiger partial charge on any atom is -0.481 e. The molecule has 0 radical (unpaired) electrons. The molecule has 0 unspecified atom stereocenters. The maximum atomic E-state index is 14.9. The zero-order valence-corrected chi connectivity index (χ0v) is 20.6. The number of rotatable bonds is 7. The Morgan fingerprint density at radius 1 is 0.946 bits per heavy atom. The van der Waals surface area contributed by atoms with Gasteiger partial charge in [0.2, 0.25) is 0 Å². The lowest BCUT2D eigenvalue weighted by Gasteiger charge is -2.15. The van der Waals surface area contributed by atoms with Gasteiger partial charge in [-0.15, -0.1) is 0 Å². The summed E-state index contributed by atoms with van der Waals surface area (Å²) in [6.07, 6.45) is 1.49.